The second kappa shape index (κ2) is 11.9. The average molecular weight is 431 g/mol. The number of pyridine rings is 1. The van der Waals surface area contributed by atoms with Crippen LogP contribution >= 0.6 is 0 Å². The van der Waals surface area contributed by atoms with Crippen LogP contribution in [0.3, 0.4) is 0 Å². The zero-order valence-electron chi connectivity index (χ0n) is 18.0. The van der Waals surface area contributed by atoms with E-state index < -0.39 is 0 Å². The van der Waals surface area contributed by atoms with Crippen LogP contribution in [0.15, 0.2) is 65.9 Å². The Labute approximate surface area is 182 Å². The van der Waals surface area contributed by atoms with Gasteiger partial charge in [-0.05, 0) is 30.7 Å². The van der Waals surface area contributed by atoms with Crippen molar-refractivity contribution in [1.82, 2.24) is 15.6 Å². The van der Waals surface area contributed by atoms with Crippen LogP contribution in [0.2, 0.25) is 0 Å². The summed E-state index contributed by atoms with van der Waals surface area (Å²) in [6.07, 6.45) is 8.98. The maximum absolute atomic E-state index is 5.79. The topological polar surface area (TPSA) is 92.3 Å². The molecule has 0 fully saturated rings. The van der Waals surface area contributed by atoms with Crippen molar-refractivity contribution in [2.75, 3.05) is 40.6 Å². The lowest BCUT2D eigenvalue weighted by Gasteiger charge is -2.24. The number of ether oxygens (including phenoxy) is 6. The maximum Gasteiger partial charge on any atom is 0.216 e. The summed E-state index contributed by atoms with van der Waals surface area (Å²) in [5.41, 5.74) is 1.08. The highest BCUT2D eigenvalue weighted by molar-refractivity contribution is 5.24. The summed E-state index contributed by atoms with van der Waals surface area (Å²) in [5.74, 6) is 2.28. The molecule has 0 aliphatic carbocycles. The molecule has 0 aromatic carbocycles. The third-order valence-electron chi connectivity index (χ3n) is 4.27. The molecule has 0 amide bonds. The lowest BCUT2D eigenvalue weighted by molar-refractivity contribution is -0.0193. The van der Waals surface area contributed by atoms with Gasteiger partial charge in [-0.1, -0.05) is 12.1 Å². The summed E-state index contributed by atoms with van der Waals surface area (Å²) >= 11 is 0. The molecule has 2 aliphatic rings. The smallest absolute Gasteiger partial charge is 0.216 e. The summed E-state index contributed by atoms with van der Waals surface area (Å²) in [6, 6.07) is 5.34. The lowest BCUT2D eigenvalue weighted by Crippen LogP contribution is -2.36. The van der Waals surface area contributed by atoms with Gasteiger partial charge in [-0.15, -0.1) is 0 Å². The first-order chi connectivity index (χ1) is 15.2. The molecule has 9 nitrogen and oxygen atoms in total. The van der Waals surface area contributed by atoms with Crippen LogP contribution in [-0.4, -0.2) is 58.1 Å². The van der Waals surface area contributed by atoms with Gasteiger partial charge in [0.25, 0.3) is 0 Å². The molecule has 1 aromatic rings. The van der Waals surface area contributed by atoms with E-state index in [0.717, 1.165) is 5.57 Å². The van der Waals surface area contributed by atoms with E-state index in [1.165, 1.54) is 0 Å². The molecule has 2 atom stereocenters. The Kier molecular flexibility index (Phi) is 8.62. The first-order valence-corrected chi connectivity index (χ1v) is 10.0. The van der Waals surface area contributed by atoms with Crippen molar-refractivity contribution in [3.63, 3.8) is 0 Å². The molecule has 3 rings (SSSR count). The van der Waals surface area contributed by atoms with Gasteiger partial charge >= 0.3 is 0 Å². The largest absolute Gasteiger partial charge is 0.482 e. The fraction of sp³-hybridized carbons (Fsp3) is 0.409. The Morgan fingerprint density at radius 1 is 0.871 bits per heavy atom. The number of rotatable bonds is 12. The van der Waals surface area contributed by atoms with Crippen molar-refractivity contribution >= 4 is 0 Å². The second-order valence-corrected chi connectivity index (χ2v) is 6.63. The van der Waals surface area contributed by atoms with Gasteiger partial charge in [0.1, 0.15) is 25.7 Å². The van der Waals surface area contributed by atoms with E-state index in [4.69, 9.17) is 28.4 Å². The molecular formula is C22H29N3O6. The molecule has 2 unspecified atom stereocenters. The molecule has 2 N–H and O–H groups in total. The summed E-state index contributed by atoms with van der Waals surface area (Å²) < 4.78 is 33.1. The van der Waals surface area contributed by atoms with Gasteiger partial charge in [-0.2, -0.15) is 4.98 Å². The van der Waals surface area contributed by atoms with Crippen LogP contribution in [0.5, 0.6) is 11.8 Å². The third-order valence-corrected chi connectivity index (χ3v) is 4.27. The molecular weight excluding hydrogens is 402 g/mol. The van der Waals surface area contributed by atoms with E-state index >= 15 is 0 Å². The van der Waals surface area contributed by atoms with Gasteiger partial charge in [0.2, 0.25) is 11.8 Å². The van der Waals surface area contributed by atoms with E-state index in [-0.39, 0.29) is 12.5 Å². The number of hydrogen-bond donors (Lipinski definition) is 2. The standard InChI is InChI=1S/C22H29N3O6/c1-16-14-21(27-3)25-22(15-16)31-13-12-30-20-9-5-8-19(24-20)29-11-10-28-18-7-4-6-17(23-18)26-2/h4-9,14-15,20,22,24-25H,10-13H2,1-3H3. The molecule has 1 aromatic heterocycles. The molecule has 0 radical (unpaired) electrons. The van der Waals surface area contributed by atoms with Crippen molar-refractivity contribution < 1.29 is 28.4 Å². The number of allylic oxidation sites excluding steroid dienone is 4. The van der Waals surface area contributed by atoms with Gasteiger partial charge < -0.3 is 39.1 Å². The van der Waals surface area contributed by atoms with E-state index in [1.54, 1.807) is 26.4 Å². The highest BCUT2D eigenvalue weighted by Crippen LogP contribution is 2.13. The minimum atomic E-state index is -0.296. The van der Waals surface area contributed by atoms with Gasteiger partial charge in [0.15, 0.2) is 11.8 Å². The maximum atomic E-state index is 5.79. The molecule has 9 heteroatoms. The highest BCUT2D eigenvalue weighted by Gasteiger charge is 2.14. The van der Waals surface area contributed by atoms with Gasteiger partial charge in [-0.3, -0.25) is 0 Å². The van der Waals surface area contributed by atoms with E-state index in [0.29, 0.717) is 50.0 Å². The zero-order chi connectivity index (χ0) is 21.9. The number of nitrogens with one attached hydrogen (secondary N) is 2. The molecule has 0 bridgehead atoms. The molecule has 31 heavy (non-hydrogen) atoms. The summed E-state index contributed by atoms with van der Waals surface area (Å²) in [4.78, 5) is 4.18. The SMILES string of the molecule is COC1=CC(C)=CC(OCCOC2C=CC=C(OCCOc3cccc(OC)n3)N2)N1. The Bertz CT molecular complexity index is 836. The second-order valence-electron chi connectivity index (χ2n) is 6.63. The van der Waals surface area contributed by atoms with Gasteiger partial charge in [0.05, 0.1) is 27.4 Å². The van der Waals surface area contributed by atoms with Crippen molar-refractivity contribution in [3.05, 3.63) is 65.9 Å². The summed E-state index contributed by atoms with van der Waals surface area (Å²) in [5, 5.41) is 6.29. The van der Waals surface area contributed by atoms with Crippen LogP contribution in [0.1, 0.15) is 6.92 Å². The molecule has 0 saturated carbocycles. The van der Waals surface area contributed by atoms with Gasteiger partial charge in [-0.25, -0.2) is 0 Å². The van der Waals surface area contributed by atoms with Crippen molar-refractivity contribution in [1.29, 1.82) is 0 Å². The molecule has 0 spiro atoms. The van der Waals surface area contributed by atoms with Crippen LogP contribution in [0, 0.1) is 0 Å². The Morgan fingerprint density at radius 2 is 1.61 bits per heavy atom. The Balaban J connectivity index is 1.29. The van der Waals surface area contributed by atoms with Crippen LogP contribution in [-0.2, 0) is 18.9 Å². The summed E-state index contributed by atoms with van der Waals surface area (Å²) in [7, 11) is 3.18. The van der Waals surface area contributed by atoms with E-state index in [9.17, 15) is 0 Å². The number of methoxy groups -OCH3 is 2. The normalized spacial score (nSPS) is 19.9. The van der Waals surface area contributed by atoms with Crippen molar-refractivity contribution in [3.8, 4) is 11.8 Å². The number of aromatic nitrogens is 1. The van der Waals surface area contributed by atoms with E-state index in [2.05, 4.69) is 15.6 Å². The minimum absolute atomic E-state index is 0.240. The van der Waals surface area contributed by atoms with Gasteiger partial charge in [0, 0.05) is 18.2 Å². The highest BCUT2D eigenvalue weighted by atomic mass is 16.6. The number of dihydropyridines is 2. The zero-order valence-corrected chi connectivity index (χ0v) is 18.0. The molecule has 0 saturated heterocycles. The molecule has 168 valence electrons. The minimum Gasteiger partial charge on any atom is -0.482 e. The third kappa shape index (κ3) is 7.54. The fourth-order valence-electron chi connectivity index (χ4n) is 2.83. The number of hydrogen-bond acceptors (Lipinski definition) is 9. The Hall–Kier alpha value is -3.17. The average Bonchev–Trinajstić information content (AvgIpc) is 2.79. The van der Waals surface area contributed by atoms with Crippen molar-refractivity contribution in [2.45, 2.75) is 19.4 Å². The lowest BCUT2D eigenvalue weighted by atomic mass is 10.2. The molecule has 2 aliphatic heterocycles. The predicted octanol–water partition coefficient (Wildman–Crippen LogP) is 2.21. The van der Waals surface area contributed by atoms with E-state index in [1.807, 2.05) is 43.4 Å². The van der Waals surface area contributed by atoms with Crippen LogP contribution < -0.4 is 20.1 Å². The van der Waals surface area contributed by atoms with Crippen LogP contribution in [0.25, 0.3) is 0 Å². The summed E-state index contributed by atoms with van der Waals surface area (Å²) in [6.45, 7) is 3.54. The number of nitrogens with zero attached hydrogens (tertiary/aromatic N) is 1. The van der Waals surface area contributed by atoms with Crippen molar-refractivity contribution in [2.24, 2.45) is 0 Å². The van der Waals surface area contributed by atoms with Crippen LogP contribution in [0.4, 0.5) is 0 Å². The Morgan fingerprint density at radius 3 is 2.42 bits per heavy atom. The monoisotopic (exact) mass is 431 g/mol. The fourth-order valence-corrected chi connectivity index (χ4v) is 2.83. The predicted molar refractivity (Wildman–Crippen MR) is 114 cm³/mol. The quantitative estimate of drug-likeness (QED) is 0.483. The molecule has 3 heterocycles. The first kappa shape index (κ1) is 22.5. The first-order valence-electron chi connectivity index (χ1n) is 10.0.